The Bertz CT molecular complexity index is 1540. The number of hydrogen-bond donors (Lipinski definition) is 2. The van der Waals surface area contributed by atoms with Crippen molar-refractivity contribution in [3.8, 4) is 17.4 Å². The first kappa shape index (κ1) is 27.4. The molecule has 0 radical (unpaired) electrons. The Kier molecular flexibility index (Phi) is 7.06. The van der Waals surface area contributed by atoms with Crippen molar-refractivity contribution in [3.05, 3.63) is 63.5 Å². The van der Waals surface area contributed by atoms with Crippen molar-refractivity contribution < 1.29 is 23.5 Å². The van der Waals surface area contributed by atoms with Gasteiger partial charge in [0.2, 0.25) is 11.8 Å². The predicted octanol–water partition coefficient (Wildman–Crippen LogP) is 4.82. The Morgan fingerprint density at radius 2 is 1.93 bits per heavy atom. The third-order valence-corrected chi connectivity index (χ3v) is 8.71. The lowest BCUT2D eigenvalue weighted by atomic mass is 10.0. The molecule has 10 nitrogen and oxygen atoms in total. The monoisotopic (exact) mass is 624 g/mol. The summed E-state index contributed by atoms with van der Waals surface area (Å²) in [6, 6.07) is 8.11. The standard InChI is InChI=1S/C29H30BrFN6O4/c1-36-11-7-16(8-12-36)33-25(38)17-13-23(40-3)21(14-20(17)31)34-28-32-15-19(30)26(35-28)41-22-6-4-5-18-24(22)27(39)37(2)29(18)9-10-29/h4-6,13-16H,7-12H2,1-3H3,(H,33,38)(H,32,34,35). The van der Waals surface area contributed by atoms with E-state index in [9.17, 15) is 9.59 Å². The number of piperidine rings is 1. The summed E-state index contributed by atoms with van der Waals surface area (Å²) >= 11 is 3.42. The maximum absolute atomic E-state index is 15.2. The molecule has 1 saturated carbocycles. The lowest BCUT2D eigenvalue weighted by molar-refractivity contribution is 0.0753. The molecule has 0 unspecified atom stereocenters. The van der Waals surface area contributed by atoms with Gasteiger partial charge in [-0.2, -0.15) is 4.98 Å². The zero-order valence-corrected chi connectivity index (χ0v) is 24.5. The van der Waals surface area contributed by atoms with Gasteiger partial charge in [-0.15, -0.1) is 0 Å². The topological polar surface area (TPSA) is 109 Å². The molecule has 0 bridgehead atoms. The van der Waals surface area contributed by atoms with Crippen LogP contribution in [0.5, 0.6) is 17.4 Å². The van der Waals surface area contributed by atoms with E-state index in [0.29, 0.717) is 15.8 Å². The lowest BCUT2D eigenvalue weighted by Gasteiger charge is -2.29. The van der Waals surface area contributed by atoms with Crippen LogP contribution in [0.15, 0.2) is 41.0 Å². The summed E-state index contributed by atoms with van der Waals surface area (Å²) in [7, 11) is 5.29. The van der Waals surface area contributed by atoms with Gasteiger partial charge in [-0.05, 0) is 79.4 Å². The van der Waals surface area contributed by atoms with E-state index in [1.165, 1.54) is 25.4 Å². The highest BCUT2D eigenvalue weighted by Gasteiger charge is 2.57. The fourth-order valence-corrected chi connectivity index (χ4v) is 5.88. The second-order valence-electron chi connectivity index (χ2n) is 10.7. The SMILES string of the molecule is COc1cc(C(=O)NC2CCN(C)CC2)c(F)cc1Nc1ncc(Br)c(Oc2cccc3c2C(=O)N(C)C32CC2)n1. The molecule has 0 atom stereocenters. The number of benzene rings is 2. The molecule has 2 N–H and O–H groups in total. The Morgan fingerprint density at radius 3 is 2.63 bits per heavy atom. The number of nitrogens with zero attached hydrogens (tertiary/aromatic N) is 4. The average Bonchev–Trinajstić information content (AvgIpc) is 3.74. The number of hydrogen-bond acceptors (Lipinski definition) is 8. The van der Waals surface area contributed by atoms with E-state index in [1.54, 1.807) is 11.0 Å². The highest BCUT2D eigenvalue weighted by atomic mass is 79.9. The summed E-state index contributed by atoms with van der Waals surface area (Å²) in [6.45, 7) is 1.75. The Morgan fingerprint density at radius 1 is 1.17 bits per heavy atom. The molecule has 2 aromatic carbocycles. The van der Waals surface area contributed by atoms with Crippen LogP contribution < -0.4 is 20.1 Å². The predicted molar refractivity (Wildman–Crippen MR) is 153 cm³/mol. The largest absolute Gasteiger partial charge is 0.495 e. The quantitative estimate of drug-likeness (QED) is 0.385. The molecule has 1 aliphatic carbocycles. The second-order valence-corrected chi connectivity index (χ2v) is 11.6. The Balaban J connectivity index is 1.23. The van der Waals surface area contributed by atoms with Gasteiger partial charge in [0, 0.05) is 19.2 Å². The van der Waals surface area contributed by atoms with E-state index in [-0.39, 0.29) is 46.3 Å². The first-order valence-corrected chi connectivity index (χ1v) is 14.3. The van der Waals surface area contributed by atoms with Crippen LogP contribution in [0.2, 0.25) is 0 Å². The fourth-order valence-electron chi connectivity index (χ4n) is 5.61. The fraction of sp³-hybridized carbons (Fsp3) is 0.379. The summed E-state index contributed by atoms with van der Waals surface area (Å²) in [6.07, 6.45) is 4.96. The van der Waals surface area contributed by atoms with E-state index >= 15 is 4.39 Å². The van der Waals surface area contributed by atoms with Gasteiger partial charge in [-0.25, -0.2) is 9.37 Å². The molecular weight excluding hydrogens is 595 g/mol. The van der Waals surface area contributed by atoms with Crippen molar-refractivity contribution in [3.63, 3.8) is 0 Å². The summed E-state index contributed by atoms with van der Waals surface area (Å²) in [5.41, 5.74) is 1.39. The highest BCUT2D eigenvalue weighted by molar-refractivity contribution is 9.10. The van der Waals surface area contributed by atoms with Gasteiger partial charge in [0.25, 0.3) is 11.8 Å². The number of aromatic nitrogens is 2. The third kappa shape index (κ3) is 4.99. The van der Waals surface area contributed by atoms with Gasteiger partial charge < -0.3 is 29.9 Å². The first-order valence-electron chi connectivity index (χ1n) is 13.5. The number of carbonyl (C=O) groups excluding carboxylic acids is 2. The van der Waals surface area contributed by atoms with Crippen LogP contribution in [0, 0.1) is 5.82 Å². The van der Waals surface area contributed by atoms with Gasteiger partial charge >= 0.3 is 0 Å². The highest BCUT2D eigenvalue weighted by Crippen LogP contribution is 2.57. The van der Waals surface area contributed by atoms with Crippen LogP contribution in [-0.2, 0) is 5.54 Å². The van der Waals surface area contributed by atoms with E-state index in [4.69, 9.17) is 9.47 Å². The number of carbonyl (C=O) groups is 2. The zero-order chi connectivity index (χ0) is 28.9. The minimum absolute atomic E-state index is 0.00664. The van der Waals surface area contributed by atoms with Crippen LogP contribution in [0.3, 0.4) is 0 Å². The minimum atomic E-state index is -0.705. The molecule has 3 aromatic rings. The summed E-state index contributed by atoms with van der Waals surface area (Å²) in [5, 5.41) is 5.89. The number of likely N-dealkylation sites (tertiary alicyclic amines) is 1. The number of halogens is 2. The van der Waals surface area contributed by atoms with Gasteiger partial charge in [0.05, 0.1) is 40.1 Å². The summed E-state index contributed by atoms with van der Waals surface area (Å²) in [4.78, 5) is 38.6. The van der Waals surface area contributed by atoms with Crippen LogP contribution in [0.25, 0.3) is 0 Å². The molecule has 2 fully saturated rings. The van der Waals surface area contributed by atoms with Crippen LogP contribution in [0.1, 0.15) is 52.0 Å². The molecule has 3 aliphatic rings. The van der Waals surface area contributed by atoms with Gasteiger partial charge in [-0.1, -0.05) is 12.1 Å². The van der Waals surface area contributed by atoms with Crippen molar-refractivity contribution in [2.75, 3.05) is 39.6 Å². The van der Waals surface area contributed by atoms with Crippen molar-refractivity contribution in [1.29, 1.82) is 0 Å². The zero-order valence-electron chi connectivity index (χ0n) is 23.0. The van der Waals surface area contributed by atoms with Crippen LogP contribution >= 0.6 is 15.9 Å². The summed E-state index contributed by atoms with van der Waals surface area (Å²) in [5.74, 6) is -0.340. The van der Waals surface area contributed by atoms with E-state index in [1.807, 2.05) is 26.2 Å². The number of fused-ring (bicyclic) bond motifs is 2. The number of ether oxygens (including phenoxy) is 2. The molecule has 6 rings (SSSR count). The molecule has 1 spiro atoms. The normalized spacial score (nSPS) is 17.9. The van der Waals surface area contributed by atoms with Crippen molar-refractivity contribution in [2.24, 2.45) is 0 Å². The van der Waals surface area contributed by atoms with Gasteiger partial charge in [-0.3, -0.25) is 9.59 Å². The van der Waals surface area contributed by atoms with E-state index < -0.39 is 11.7 Å². The Labute approximate surface area is 245 Å². The minimum Gasteiger partial charge on any atom is -0.495 e. The smallest absolute Gasteiger partial charge is 0.258 e. The lowest BCUT2D eigenvalue weighted by Crippen LogP contribution is -2.43. The Hall–Kier alpha value is -3.77. The number of anilines is 2. The molecule has 214 valence electrons. The third-order valence-electron chi connectivity index (χ3n) is 8.16. The second kappa shape index (κ2) is 10.6. The number of rotatable bonds is 7. The molecule has 1 saturated heterocycles. The van der Waals surface area contributed by atoms with Gasteiger partial charge in [0.1, 0.15) is 17.3 Å². The van der Waals surface area contributed by atoms with Gasteiger partial charge in [0.15, 0.2) is 0 Å². The molecule has 1 aromatic heterocycles. The number of methoxy groups -OCH3 is 1. The average molecular weight is 625 g/mol. The maximum Gasteiger partial charge on any atom is 0.258 e. The maximum atomic E-state index is 15.2. The van der Waals surface area contributed by atoms with Crippen LogP contribution in [0.4, 0.5) is 16.0 Å². The van der Waals surface area contributed by atoms with E-state index in [0.717, 1.165) is 44.3 Å². The van der Waals surface area contributed by atoms with Crippen molar-refractivity contribution >= 4 is 39.4 Å². The molecule has 2 amide bonds. The van der Waals surface area contributed by atoms with Crippen LogP contribution in [-0.4, -0.2) is 71.9 Å². The summed E-state index contributed by atoms with van der Waals surface area (Å²) < 4.78 is 27.2. The number of amides is 2. The van der Waals surface area contributed by atoms with Crippen molar-refractivity contribution in [1.82, 2.24) is 25.1 Å². The molecule has 41 heavy (non-hydrogen) atoms. The molecular formula is C29H30BrFN6O4. The van der Waals surface area contributed by atoms with E-state index in [2.05, 4.69) is 41.4 Å². The first-order chi connectivity index (χ1) is 19.7. The molecule has 2 aliphatic heterocycles. The molecule has 12 heteroatoms. The molecule has 3 heterocycles. The van der Waals surface area contributed by atoms with Crippen molar-refractivity contribution in [2.45, 2.75) is 37.3 Å². The number of nitrogens with one attached hydrogen (secondary N) is 2.